The Balaban J connectivity index is 1.55. The summed E-state index contributed by atoms with van der Waals surface area (Å²) in [5.74, 6) is -1.36. The zero-order valence-electron chi connectivity index (χ0n) is 21.1. The molecule has 1 N–H and O–H groups in total. The van der Waals surface area contributed by atoms with Crippen molar-refractivity contribution in [3.8, 4) is 0 Å². The summed E-state index contributed by atoms with van der Waals surface area (Å²) in [4.78, 5) is 45.4. The van der Waals surface area contributed by atoms with Gasteiger partial charge in [0.15, 0.2) is 0 Å². The first-order valence-corrected chi connectivity index (χ1v) is 12.3. The van der Waals surface area contributed by atoms with Crippen LogP contribution in [0, 0.1) is 0 Å². The van der Waals surface area contributed by atoms with Crippen molar-refractivity contribution in [2.45, 2.75) is 19.9 Å². The van der Waals surface area contributed by atoms with E-state index in [0.717, 1.165) is 16.6 Å². The van der Waals surface area contributed by atoms with Gasteiger partial charge in [0, 0.05) is 35.2 Å². The van der Waals surface area contributed by atoms with Crippen molar-refractivity contribution in [1.29, 1.82) is 0 Å². The Labute approximate surface area is 220 Å². The molecule has 8 nitrogen and oxygen atoms in total. The highest BCUT2D eigenvalue weighted by atomic mass is 16.2. The average molecular weight is 506 g/mol. The Hall–Kier alpha value is -4.98. The molecule has 0 radical (unpaired) electrons. The van der Waals surface area contributed by atoms with Gasteiger partial charge in [-0.1, -0.05) is 54.6 Å². The second-order valence-corrected chi connectivity index (χ2v) is 9.15. The minimum Gasteiger partial charge on any atom is -0.308 e. The number of aromatic nitrogens is 2. The van der Waals surface area contributed by atoms with E-state index in [2.05, 4.69) is 10.2 Å². The maximum Gasteiger partial charge on any atom is 0.268 e. The number of nitrogens with zero attached hydrogens (tertiary/aromatic N) is 4. The Morgan fingerprint density at radius 2 is 1.55 bits per heavy atom. The van der Waals surface area contributed by atoms with E-state index >= 15 is 0 Å². The summed E-state index contributed by atoms with van der Waals surface area (Å²) in [5.41, 5.74) is 2.49. The van der Waals surface area contributed by atoms with Gasteiger partial charge in [0.2, 0.25) is 5.91 Å². The first-order valence-electron chi connectivity index (χ1n) is 12.3. The molecule has 0 atom stereocenters. The summed E-state index contributed by atoms with van der Waals surface area (Å²) in [6.07, 6.45) is 4.49. The van der Waals surface area contributed by atoms with E-state index in [4.69, 9.17) is 0 Å². The van der Waals surface area contributed by atoms with Gasteiger partial charge in [0.05, 0.1) is 11.2 Å². The van der Waals surface area contributed by atoms with E-state index in [1.807, 2.05) is 86.6 Å². The van der Waals surface area contributed by atoms with Crippen LogP contribution >= 0.6 is 0 Å². The lowest BCUT2D eigenvalue weighted by molar-refractivity contribution is -0.131. The number of hydrogen-bond acceptors (Lipinski definition) is 4. The molecule has 38 heavy (non-hydrogen) atoms. The summed E-state index contributed by atoms with van der Waals surface area (Å²) >= 11 is 0. The summed E-state index contributed by atoms with van der Waals surface area (Å²) in [7, 11) is 0. The molecule has 1 aliphatic rings. The molecule has 0 saturated heterocycles. The SMILES string of the molecule is CC(C)N(C(=O)CN1C=CN(c2ccccc2)C(=O)C(=Cc2n[nH]c3ccccc23)C1=O)c1ccccc1. The van der Waals surface area contributed by atoms with Crippen molar-refractivity contribution in [2.75, 3.05) is 16.3 Å². The Kier molecular flexibility index (Phi) is 6.86. The maximum atomic E-state index is 13.8. The molecule has 0 aliphatic carbocycles. The van der Waals surface area contributed by atoms with Crippen LogP contribution in [0.15, 0.2) is 103 Å². The summed E-state index contributed by atoms with van der Waals surface area (Å²) in [5, 5.41) is 8.04. The van der Waals surface area contributed by atoms with Crippen molar-refractivity contribution >= 4 is 46.1 Å². The van der Waals surface area contributed by atoms with Gasteiger partial charge < -0.3 is 9.80 Å². The lowest BCUT2D eigenvalue weighted by atomic mass is 10.1. The van der Waals surface area contributed by atoms with Gasteiger partial charge >= 0.3 is 0 Å². The van der Waals surface area contributed by atoms with Crippen LogP contribution in [-0.2, 0) is 14.4 Å². The second-order valence-electron chi connectivity index (χ2n) is 9.15. The zero-order valence-corrected chi connectivity index (χ0v) is 21.1. The van der Waals surface area contributed by atoms with Crippen LogP contribution in [0.4, 0.5) is 11.4 Å². The van der Waals surface area contributed by atoms with Crippen molar-refractivity contribution in [2.24, 2.45) is 0 Å². The number of amides is 3. The van der Waals surface area contributed by atoms with Gasteiger partial charge in [0.1, 0.15) is 12.1 Å². The highest BCUT2D eigenvalue weighted by Gasteiger charge is 2.33. The fraction of sp³-hybridized carbons (Fsp3) is 0.133. The molecule has 3 aromatic carbocycles. The number of benzene rings is 3. The van der Waals surface area contributed by atoms with E-state index < -0.39 is 11.8 Å². The largest absolute Gasteiger partial charge is 0.308 e. The number of nitrogens with one attached hydrogen (secondary N) is 1. The minimum absolute atomic E-state index is 0.0975. The quantitative estimate of drug-likeness (QED) is 0.303. The van der Waals surface area contributed by atoms with Gasteiger partial charge in [-0.25, -0.2) is 0 Å². The third-order valence-electron chi connectivity index (χ3n) is 6.28. The van der Waals surface area contributed by atoms with Gasteiger partial charge in [0.25, 0.3) is 11.8 Å². The Morgan fingerprint density at radius 3 is 2.26 bits per heavy atom. The van der Waals surface area contributed by atoms with Gasteiger partial charge in [-0.3, -0.25) is 24.4 Å². The number of anilines is 2. The lowest BCUT2D eigenvalue weighted by Gasteiger charge is -2.29. The molecule has 1 aliphatic heterocycles. The van der Waals surface area contributed by atoms with Crippen LogP contribution in [0.1, 0.15) is 19.5 Å². The van der Waals surface area contributed by atoms with Crippen LogP contribution in [0.2, 0.25) is 0 Å². The van der Waals surface area contributed by atoms with Gasteiger partial charge in [-0.2, -0.15) is 5.10 Å². The van der Waals surface area contributed by atoms with Crippen LogP contribution in [-0.4, -0.2) is 45.4 Å². The molecule has 0 spiro atoms. The number of aromatic amines is 1. The molecule has 1 aromatic heterocycles. The van der Waals surface area contributed by atoms with E-state index in [0.29, 0.717) is 11.4 Å². The fourth-order valence-corrected chi connectivity index (χ4v) is 4.47. The maximum absolute atomic E-state index is 13.8. The predicted molar refractivity (Wildman–Crippen MR) is 148 cm³/mol. The van der Waals surface area contributed by atoms with Gasteiger partial charge in [-0.15, -0.1) is 0 Å². The number of H-pyrrole nitrogens is 1. The number of rotatable bonds is 6. The third kappa shape index (κ3) is 4.84. The highest BCUT2D eigenvalue weighted by Crippen LogP contribution is 2.25. The molecule has 0 unspecified atom stereocenters. The molecular weight excluding hydrogens is 478 g/mol. The Bertz CT molecular complexity index is 1540. The second kappa shape index (κ2) is 10.6. The first-order chi connectivity index (χ1) is 18.4. The summed E-state index contributed by atoms with van der Waals surface area (Å²) < 4.78 is 0. The molecule has 0 bridgehead atoms. The van der Waals surface area contributed by atoms with E-state index in [9.17, 15) is 14.4 Å². The van der Waals surface area contributed by atoms with Crippen LogP contribution in [0.5, 0.6) is 0 Å². The van der Waals surface area contributed by atoms with Crippen LogP contribution in [0.25, 0.3) is 17.0 Å². The standard InChI is InChI=1S/C30H27N5O3/c1-21(2)35(23-13-7-4-8-14-23)28(36)20-33-17-18-34(22-11-5-3-6-12-22)30(38)25(29(33)37)19-27-24-15-9-10-16-26(24)31-32-27/h3-19,21H,20H2,1-2H3,(H,31,32). The number of carbonyl (C=O) groups excluding carboxylic acids is 3. The third-order valence-corrected chi connectivity index (χ3v) is 6.28. The lowest BCUT2D eigenvalue weighted by Crippen LogP contribution is -2.44. The molecule has 4 aromatic rings. The molecule has 8 heteroatoms. The van der Waals surface area contributed by atoms with E-state index in [1.54, 1.807) is 17.0 Å². The number of carbonyl (C=O) groups is 3. The summed E-state index contributed by atoms with van der Waals surface area (Å²) in [6, 6.07) is 25.7. The molecule has 2 heterocycles. The normalized spacial score (nSPS) is 15.0. The zero-order chi connectivity index (χ0) is 26.6. The highest BCUT2D eigenvalue weighted by molar-refractivity contribution is 6.28. The number of fused-ring (bicyclic) bond motifs is 1. The molecule has 5 rings (SSSR count). The molecule has 0 fully saturated rings. The van der Waals surface area contributed by atoms with Crippen molar-refractivity contribution in [3.05, 3.63) is 109 Å². The molecular formula is C30H27N5O3. The number of para-hydroxylation sites is 3. The number of hydrogen-bond donors (Lipinski definition) is 1. The molecule has 3 amide bonds. The molecule has 190 valence electrons. The van der Waals surface area contributed by atoms with Crippen molar-refractivity contribution in [3.63, 3.8) is 0 Å². The van der Waals surface area contributed by atoms with Crippen LogP contribution in [0.3, 0.4) is 0 Å². The van der Waals surface area contributed by atoms with Gasteiger partial charge in [-0.05, 0) is 50.3 Å². The van der Waals surface area contributed by atoms with Crippen molar-refractivity contribution in [1.82, 2.24) is 15.1 Å². The first kappa shape index (κ1) is 24.7. The fourth-order valence-electron chi connectivity index (χ4n) is 4.47. The average Bonchev–Trinajstić information content (AvgIpc) is 3.30. The van der Waals surface area contributed by atoms with E-state index in [1.165, 1.54) is 28.3 Å². The van der Waals surface area contributed by atoms with E-state index in [-0.39, 0.29) is 24.1 Å². The monoisotopic (exact) mass is 505 g/mol. The predicted octanol–water partition coefficient (Wildman–Crippen LogP) is 4.73. The smallest absolute Gasteiger partial charge is 0.268 e. The van der Waals surface area contributed by atoms with Crippen molar-refractivity contribution < 1.29 is 14.4 Å². The molecule has 0 saturated carbocycles. The Morgan fingerprint density at radius 1 is 0.895 bits per heavy atom. The minimum atomic E-state index is -0.582. The van der Waals surface area contributed by atoms with Crippen LogP contribution < -0.4 is 9.80 Å². The topological polar surface area (TPSA) is 89.6 Å². The summed E-state index contributed by atoms with van der Waals surface area (Å²) in [6.45, 7) is 3.59.